The number of nitrogens with one attached hydrogen (secondary N) is 1. The van der Waals surface area contributed by atoms with Crippen LogP contribution in [-0.4, -0.2) is 73.4 Å². The summed E-state index contributed by atoms with van der Waals surface area (Å²) in [6, 6.07) is -0.753. The number of unbranched alkanes of at least 4 members (excludes halogenated alkanes) is 39. The third kappa shape index (κ3) is 49.2. The van der Waals surface area contributed by atoms with Crippen molar-refractivity contribution >= 4 is 13.7 Å². The lowest BCUT2D eigenvalue weighted by Crippen LogP contribution is -2.46. The minimum absolute atomic E-state index is 0.0787. The van der Waals surface area contributed by atoms with E-state index >= 15 is 0 Å². The molecule has 8 nitrogen and oxygen atoms in total. The molecule has 0 aromatic rings. The molecule has 3 N–H and O–H groups in total. The number of aliphatic hydroxyl groups excluding tert-OH is 1. The molecule has 0 aliphatic carbocycles. The van der Waals surface area contributed by atoms with Crippen LogP contribution in [0.4, 0.5) is 0 Å². The van der Waals surface area contributed by atoms with Gasteiger partial charge in [-0.1, -0.05) is 271 Å². The molecular weight excluding hydrogens is 804 g/mol. The van der Waals surface area contributed by atoms with Crippen LogP contribution in [0.1, 0.15) is 290 Å². The highest BCUT2D eigenvalue weighted by atomic mass is 31.2. The molecule has 9 heteroatoms. The molecule has 0 rings (SSSR count). The van der Waals surface area contributed by atoms with Gasteiger partial charge in [-0.05, 0) is 12.8 Å². The molecule has 0 radical (unpaired) electrons. The Kier molecular flexibility index (Phi) is 46.2. The molecular formula is C54H112N2O6P+. The number of phosphoric ester groups is 1. The van der Waals surface area contributed by atoms with Crippen molar-refractivity contribution in [3.05, 3.63) is 0 Å². The topological polar surface area (TPSA) is 105 Å². The molecule has 0 saturated heterocycles. The quantitative estimate of drug-likeness (QED) is 0.0319. The second-order valence-corrected chi connectivity index (χ2v) is 22.1. The Bertz CT molecular complexity index is 994. The number of nitrogens with zero attached hydrogens (tertiary/aromatic N) is 1. The fraction of sp³-hybridized carbons (Fsp3) is 0.981. The summed E-state index contributed by atoms with van der Waals surface area (Å²) in [6.45, 7) is 4.92. The van der Waals surface area contributed by atoms with Crippen LogP contribution in [0.15, 0.2) is 0 Å². The summed E-state index contributed by atoms with van der Waals surface area (Å²) in [7, 11) is 1.63. The van der Waals surface area contributed by atoms with Crippen LogP contribution in [-0.2, 0) is 18.4 Å². The van der Waals surface area contributed by atoms with Crippen molar-refractivity contribution in [2.75, 3.05) is 40.9 Å². The maximum absolute atomic E-state index is 12.9. The van der Waals surface area contributed by atoms with E-state index in [0.29, 0.717) is 23.9 Å². The number of carbonyl (C=O) groups excluding carboxylic acids is 1. The maximum Gasteiger partial charge on any atom is 0.472 e. The fourth-order valence-electron chi connectivity index (χ4n) is 8.70. The van der Waals surface area contributed by atoms with Gasteiger partial charge < -0.3 is 19.8 Å². The van der Waals surface area contributed by atoms with Crippen LogP contribution < -0.4 is 5.32 Å². The van der Waals surface area contributed by atoms with Gasteiger partial charge in [0.2, 0.25) is 5.91 Å². The molecule has 0 bridgehead atoms. The van der Waals surface area contributed by atoms with E-state index in [-0.39, 0.29) is 19.1 Å². The minimum atomic E-state index is -4.31. The molecule has 63 heavy (non-hydrogen) atoms. The first-order chi connectivity index (χ1) is 30.5. The summed E-state index contributed by atoms with van der Waals surface area (Å²) >= 11 is 0. The molecule has 1 unspecified atom stereocenters. The van der Waals surface area contributed by atoms with Gasteiger partial charge in [0.1, 0.15) is 13.2 Å². The summed E-state index contributed by atoms with van der Waals surface area (Å²) in [5, 5.41) is 14.0. The Balaban J connectivity index is 3.94. The first kappa shape index (κ1) is 62.5. The molecule has 0 heterocycles. The lowest BCUT2D eigenvalue weighted by Gasteiger charge is -2.26. The highest BCUT2D eigenvalue weighted by molar-refractivity contribution is 7.47. The van der Waals surface area contributed by atoms with Gasteiger partial charge in [0.05, 0.1) is 39.9 Å². The smallest absolute Gasteiger partial charge is 0.391 e. The minimum Gasteiger partial charge on any atom is -0.391 e. The molecule has 378 valence electrons. The number of likely N-dealkylation sites (N-methyl/N-ethyl adjacent to an activating group) is 1. The SMILES string of the molecule is CCCCCCCCCCCCCCCCCCCCCCCCCCCCCCCCC(=O)N[C@@H](COP(=O)(O)OCC[N+](C)(C)C)[C@H](O)CCCCCCCCCCCCC. The van der Waals surface area contributed by atoms with Gasteiger partial charge in [-0.3, -0.25) is 13.8 Å². The van der Waals surface area contributed by atoms with Crippen molar-refractivity contribution in [2.24, 2.45) is 0 Å². The van der Waals surface area contributed by atoms with E-state index < -0.39 is 20.0 Å². The van der Waals surface area contributed by atoms with Gasteiger partial charge in [-0.25, -0.2) is 4.57 Å². The van der Waals surface area contributed by atoms with E-state index in [0.717, 1.165) is 38.5 Å². The number of phosphoric acid groups is 1. The zero-order valence-corrected chi connectivity index (χ0v) is 44.0. The Morgan fingerprint density at radius 3 is 1.06 bits per heavy atom. The molecule has 0 aromatic heterocycles. The largest absolute Gasteiger partial charge is 0.472 e. The summed E-state index contributed by atoms with van der Waals surface area (Å²) in [6.07, 6.45) is 54.6. The highest BCUT2D eigenvalue weighted by Gasteiger charge is 2.28. The van der Waals surface area contributed by atoms with Crippen LogP contribution in [0, 0.1) is 0 Å². The van der Waals surface area contributed by atoms with Crippen molar-refractivity contribution in [1.29, 1.82) is 0 Å². The molecule has 0 fully saturated rings. The van der Waals surface area contributed by atoms with Crippen LogP contribution in [0.5, 0.6) is 0 Å². The zero-order valence-electron chi connectivity index (χ0n) is 43.1. The average molecular weight is 916 g/mol. The van der Waals surface area contributed by atoms with E-state index in [4.69, 9.17) is 9.05 Å². The second-order valence-electron chi connectivity index (χ2n) is 20.7. The second kappa shape index (κ2) is 46.6. The molecule has 0 aromatic carbocycles. The van der Waals surface area contributed by atoms with Gasteiger partial charge in [-0.2, -0.15) is 0 Å². The number of carbonyl (C=O) groups is 1. The van der Waals surface area contributed by atoms with E-state index in [1.165, 1.54) is 225 Å². The van der Waals surface area contributed by atoms with Gasteiger partial charge in [0.15, 0.2) is 0 Å². The maximum atomic E-state index is 12.9. The number of aliphatic hydroxyl groups is 1. The lowest BCUT2D eigenvalue weighted by molar-refractivity contribution is -0.870. The molecule has 0 aliphatic rings. The van der Waals surface area contributed by atoms with Crippen LogP contribution in [0.2, 0.25) is 0 Å². The van der Waals surface area contributed by atoms with E-state index in [9.17, 15) is 19.4 Å². The van der Waals surface area contributed by atoms with E-state index in [1.807, 2.05) is 21.1 Å². The Morgan fingerprint density at radius 2 is 0.762 bits per heavy atom. The first-order valence-corrected chi connectivity index (χ1v) is 29.4. The normalized spacial score (nSPS) is 14.0. The molecule has 1 amide bonds. The van der Waals surface area contributed by atoms with Crippen molar-refractivity contribution in [3.63, 3.8) is 0 Å². The molecule has 0 spiro atoms. The highest BCUT2D eigenvalue weighted by Crippen LogP contribution is 2.43. The standard InChI is InChI=1S/C54H111N2O6P/c1-6-8-10-12-14-16-18-19-20-21-22-23-24-25-26-27-28-29-30-31-32-33-34-35-36-38-40-42-44-46-48-54(58)55-52(51-62-63(59,60)61-50-49-56(3,4)5)53(57)47-45-43-41-39-37-17-15-13-11-9-7-2/h52-53,57H,6-51H2,1-5H3,(H-,55,58,59,60)/p+1/t52-,53+/m0/s1. The predicted molar refractivity (Wildman–Crippen MR) is 272 cm³/mol. The van der Waals surface area contributed by atoms with E-state index in [2.05, 4.69) is 19.2 Å². The average Bonchev–Trinajstić information content (AvgIpc) is 3.24. The number of hydrogen-bond donors (Lipinski definition) is 3. The van der Waals surface area contributed by atoms with Crippen LogP contribution >= 0.6 is 7.82 Å². The predicted octanol–water partition coefficient (Wildman–Crippen LogP) is 16.5. The van der Waals surface area contributed by atoms with E-state index in [1.54, 1.807) is 0 Å². The summed E-state index contributed by atoms with van der Waals surface area (Å²) in [5.74, 6) is -0.138. The number of amides is 1. The van der Waals surface area contributed by atoms with Gasteiger partial charge >= 0.3 is 7.82 Å². The van der Waals surface area contributed by atoms with Gasteiger partial charge in [0.25, 0.3) is 0 Å². The molecule has 3 atom stereocenters. The molecule has 0 aliphatic heterocycles. The number of quaternary nitrogens is 1. The fourth-order valence-corrected chi connectivity index (χ4v) is 9.43. The van der Waals surface area contributed by atoms with Crippen molar-refractivity contribution in [1.82, 2.24) is 5.32 Å². The summed E-state index contributed by atoms with van der Waals surface area (Å²) in [4.78, 5) is 23.2. The van der Waals surface area contributed by atoms with Crippen molar-refractivity contribution < 1.29 is 32.9 Å². The van der Waals surface area contributed by atoms with Gasteiger partial charge in [-0.15, -0.1) is 0 Å². The van der Waals surface area contributed by atoms with Gasteiger partial charge in [0, 0.05) is 6.42 Å². The van der Waals surface area contributed by atoms with Crippen LogP contribution in [0.3, 0.4) is 0 Å². The summed E-state index contributed by atoms with van der Waals surface area (Å²) in [5.41, 5.74) is 0. The monoisotopic (exact) mass is 916 g/mol. The third-order valence-electron chi connectivity index (χ3n) is 13.1. The van der Waals surface area contributed by atoms with Crippen LogP contribution in [0.25, 0.3) is 0 Å². The lowest BCUT2D eigenvalue weighted by atomic mass is 10.0. The van der Waals surface area contributed by atoms with Crippen molar-refractivity contribution in [2.45, 2.75) is 302 Å². The molecule has 0 saturated carbocycles. The third-order valence-corrected chi connectivity index (χ3v) is 14.1. The Labute approximate surface area is 393 Å². The zero-order chi connectivity index (χ0) is 46.4. The summed E-state index contributed by atoms with van der Waals surface area (Å²) < 4.78 is 23.7. The Hall–Kier alpha value is -0.500. The Morgan fingerprint density at radius 1 is 0.476 bits per heavy atom. The van der Waals surface area contributed by atoms with Crippen molar-refractivity contribution in [3.8, 4) is 0 Å². The number of rotatable bonds is 52. The number of hydrogen-bond acceptors (Lipinski definition) is 5. The first-order valence-electron chi connectivity index (χ1n) is 27.9.